The zero-order chi connectivity index (χ0) is 12.9. The van der Waals surface area contributed by atoms with Crippen molar-refractivity contribution in [3.05, 3.63) is 0 Å². The van der Waals surface area contributed by atoms with Crippen LogP contribution in [-0.4, -0.2) is 18.1 Å². The van der Waals surface area contributed by atoms with Crippen LogP contribution >= 0.6 is 0 Å². The van der Waals surface area contributed by atoms with Gasteiger partial charge in [-0.2, -0.15) is 0 Å². The number of carbonyl (C=O) groups is 1. The van der Waals surface area contributed by atoms with Crippen molar-refractivity contribution in [1.29, 1.82) is 0 Å². The lowest BCUT2D eigenvalue weighted by molar-refractivity contribution is -0.153. The molecule has 2 atom stereocenters. The van der Waals surface area contributed by atoms with E-state index in [1.54, 1.807) is 0 Å². The van der Waals surface area contributed by atoms with Crippen LogP contribution in [0.25, 0.3) is 0 Å². The molecule has 3 nitrogen and oxygen atoms in total. The van der Waals surface area contributed by atoms with Gasteiger partial charge in [-0.1, -0.05) is 33.6 Å². The van der Waals surface area contributed by atoms with Crippen molar-refractivity contribution in [1.82, 2.24) is 0 Å². The number of rotatable bonds is 5. The molecule has 0 spiro atoms. The molecule has 0 amide bonds. The lowest BCUT2D eigenvalue weighted by Crippen LogP contribution is -2.55. The van der Waals surface area contributed by atoms with Gasteiger partial charge in [0.15, 0.2) is 0 Å². The van der Waals surface area contributed by atoms with Crippen LogP contribution in [0.3, 0.4) is 0 Å². The number of hydrogen-bond acceptors (Lipinski definition) is 3. The zero-order valence-corrected chi connectivity index (χ0v) is 11.5. The highest BCUT2D eigenvalue weighted by molar-refractivity contribution is 5.81. The Balaban J connectivity index is 2.35. The summed E-state index contributed by atoms with van der Waals surface area (Å²) in [5.74, 6) is 0.719. The summed E-state index contributed by atoms with van der Waals surface area (Å²) in [6, 6.07) is 0. The van der Waals surface area contributed by atoms with Gasteiger partial charge >= 0.3 is 5.97 Å². The Morgan fingerprint density at radius 3 is 2.76 bits per heavy atom. The predicted molar refractivity (Wildman–Crippen MR) is 69.6 cm³/mol. The Labute approximate surface area is 105 Å². The summed E-state index contributed by atoms with van der Waals surface area (Å²) in [6.07, 6.45) is 6.08. The van der Waals surface area contributed by atoms with Crippen molar-refractivity contribution >= 4 is 5.97 Å². The Hall–Kier alpha value is -0.570. The summed E-state index contributed by atoms with van der Waals surface area (Å²) in [4.78, 5) is 12.0. The molecule has 1 aliphatic carbocycles. The summed E-state index contributed by atoms with van der Waals surface area (Å²) >= 11 is 0. The third-order valence-electron chi connectivity index (χ3n) is 3.90. The van der Waals surface area contributed by atoms with E-state index < -0.39 is 5.54 Å². The van der Waals surface area contributed by atoms with Gasteiger partial charge in [-0.05, 0) is 37.5 Å². The van der Waals surface area contributed by atoms with Crippen LogP contribution in [0.4, 0.5) is 0 Å². The van der Waals surface area contributed by atoms with Gasteiger partial charge in [0.1, 0.15) is 5.54 Å². The van der Waals surface area contributed by atoms with Crippen molar-refractivity contribution in [2.45, 2.75) is 64.8 Å². The number of hydrogen-bond donors (Lipinski definition) is 1. The second-order valence-electron chi connectivity index (χ2n) is 5.86. The predicted octanol–water partition coefficient (Wildman–Crippen LogP) is 2.87. The molecule has 1 aliphatic rings. The van der Waals surface area contributed by atoms with Crippen LogP contribution in [0.5, 0.6) is 0 Å². The fraction of sp³-hybridized carbons (Fsp3) is 0.929. The molecule has 3 heteroatoms. The first-order valence-electron chi connectivity index (χ1n) is 6.93. The molecule has 2 N–H and O–H groups in total. The monoisotopic (exact) mass is 241 g/mol. The molecule has 0 heterocycles. The molecular formula is C14H27NO2. The van der Waals surface area contributed by atoms with Crippen LogP contribution in [0.1, 0.15) is 59.3 Å². The molecule has 1 saturated carbocycles. The molecule has 0 aromatic rings. The zero-order valence-electron chi connectivity index (χ0n) is 11.5. The number of nitrogens with two attached hydrogens (primary N) is 1. The van der Waals surface area contributed by atoms with E-state index in [1.165, 1.54) is 6.42 Å². The number of esters is 1. The van der Waals surface area contributed by atoms with Crippen LogP contribution in [0.15, 0.2) is 0 Å². The summed E-state index contributed by atoms with van der Waals surface area (Å²) in [6.45, 7) is 6.93. The van der Waals surface area contributed by atoms with Gasteiger partial charge in [-0.3, -0.25) is 4.79 Å². The van der Waals surface area contributed by atoms with E-state index in [2.05, 4.69) is 20.8 Å². The summed E-state index contributed by atoms with van der Waals surface area (Å²) in [5, 5.41) is 0. The van der Waals surface area contributed by atoms with Crippen molar-refractivity contribution in [3.8, 4) is 0 Å². The SMILES string of the molecule is CC(C)CCCOC(=O)C1(N)CCCCC1C. The first-order chi connectivity index (χ1) is 7.97. The van der Waals surface area contributed by atoms with E-state index >= 15 is 0 Å². The topological polar surface area (TPSA) is 52.3 Å². The normalized spacial score (nSPS) is 29.4. The quantitative estimate of drug-likeness (QED) is 0.595. The Bertz CT molecular complexity index is 253. The molecule has 1 rings (SSSR count). The van der Waals surface area contributed by atoms with Crippen LogP contribution in [0.2, 0.25) is 0 Å². The third-order valence-corrected chi connectivity index (χ3v) is 3.90. The van der Waals surface area contributed by atoms with Crippen LogP contribution < -0.4 is 5.73 Å². The summed E-state index contributed by atoms with van der Waals surface area (Å²) in [5.41, 5.74) is 5.49. The summed E-state index contributed by atoms with van der Waals surface area (Å²) < 4.78 is 5.34. The largest absolute Gasteiger partial charge is 0.464 e. The van der Waals surface area contributed by atoms with Crippen molar-refractivity contribution < 1.29 is 9.53 Å². The van der Waals surface area contributed by atoms with E-state index in [0.717, 1.165) is 32.1 Å². The van der Waals surface area contributed by atoms with E-state index in [1.807, 2.05) is 0 Å². The smallest absolute Gasteiger partial charge is 0.326 e. The molecule has 0 bridgehead atoms. The lowest BCUT2D eigenvalue weighted by Gasteiger charge is -2.36. The minimum atomic E-state index is -0.726. The molecule has 0 aromatic carbocycles. The van der Waals surface area contributed by atoms with Crippen molar-refractivity contribution in [2.24, 2.45) is 17.6 Å². The maximum Gasteiger partial charge on any atom is 0.326 e. The first-order valence-corrected chi connectivity index (χ1v) is 6.93. The molecule has 17 heavy (non-hydrogen) atoms. The number of ether oxygens (including phenoxy) is 1. The standard InChI is InChI=1S/C14H27NO2/c1-11(2)7-6-10-17-13(16)14(15)9-5-4-8-12(14)3/h11-12H,4-10,15H2,1-3H3. The van der Waals surface area contributed by atoms with Gasteiger partial charge in [0, 0.05) is 0 Å². The molecule has 0 aliphatic heterocycles. The van der Waals surface area contributed by atoms with E-state index in [0.29, 0.717) is 12.5 Å². The van der Waals surface area contributed by atoms with Crippen LogP contribution in [-0.2, 0) is 9.53 Å². The van der Waals surface area contributed by atoms with Gasteiger partial charge in [0.25, 0.3) is 0 Å². The van der Waals surface area contributed by atoms with Crippen molar-refractivity contribution in [2.75, 3.05) is 6.61 Å². The Morgan fingerprint density at radius 1 is 1.47 bits per heavy atom. The molecule has 1 fully saturated rings. The maximum absolute atomic E-state index is 12.0. The molecule has 0 saturated heterocycles. The van der Waals surface area contributed by atoms with Gasteiger partial charge in [0.05, 0.1) is 6.61 Å². The second-order valence-corrected chi connectivity index (χ2v) is 5.86. The Kier molecular flexibility index (Phi) is 5.44. The van der Waals surface area contributed by atoms with E-state index in [-0.39, 0.29) is 11.9 Å². The highest BCUT2D eigenvalue weighted by Gasteiger charge is 2.42. The lowest BCUT2D eigenvalue weighted by atomic mass is 9.74. The highest BCUT2D eigenvalue weighted by atomic mass is 16.5. The highest BCUT2D eigenvalue weighted by Crippen LogP contribution is 2.32. The average molecular weight is 241 g/mol. The average Bonchev–Trinajstić information content (AvgIpc) is 2.28. The van der Waals surface area contributed by atoms with Crippen molar-refractivity contribution in [3.63, 3.8) is 0 Å². The first kappa shape index (κ1) is 14.5. The molecule has 100 valence electrons. The van der Waals surface area contributed by atoms with Gasteiger partial charge in [0.2, 0.25) is 0 Å². The molecular weight excluding hydrogens is 214 g/mol. The molecule has 0 radical (unpaired) electrons. The maximum atomic E-state index is 12.0. The minimum Gasteiger partial charge on any atom is -0.464 e. The number of carbonyl (C=O) groups excluding carboxylic acids is 1. The van der Waals surface area contributed by atoms with Gasteiger partial charge in [-0.25, -0.2) is 0 Å². The minimum absolute atomic E-state index is 0.187. The molecule has 2 unspecified atom stereocenters. The third kappa shape index (κ3) is 3.98. The fourth-order valence-electron chi connectivity index (χ4n) is 2.47. The second kappa shape index (κ2) is 6.39. The van der Waals surface area contributed by atoms with Crippen LogP contribution in [0, 0.1) is 11.8 Å². The fourth-order valence-corrected chi connectivity index (χ4v) is 2.47. The van der Waals surface area contributed by atoms with Gasteiger partial charge in [-0.15, -0.1) is 0 Å². The summed E-state index contributed by atoms with van der Waals surface area (Å²) in [7, 11) is 0. The van der Waals surface area contributed by atoms with E-state index in [9.17, 15) is 4.79 Å². The van der Waals surface area contributed by atoms with E-state index in [4.69, 9.17) is 10.5 Å². The Morgan fingerprint density at radius 2 is 2.18 bits per heavy atom. The van der Waals surface area contributed by atoms with Gasteiger partial charge < -0.3 is 10.5 Å². The molecule has 0 aromatic heterocycles.